The molecule has 0 saturated heterocycles. The summed E-state index contributed by atoms with van der Waals surface area (Å²) in [6, 6.07) is 6.57. The first-order valence-electron chi connectivity index (χ1n) is 7.01. The van der Waals surface area contributed by atoms with E-state index >= 15 is 0 Å². The fourth-order valence-corrected chi connectivity index (χ4v) is 2.67. The number of thioether (sulfide) groups is 1. The normalized spacial score (nSPS) is 12.6. The Labute approximate surface area is 144 Å². The number of ether oxygens (including phenoxy) is 1. The van der Waals surface area contributed by atoms with Crippen molar-refractivity contribution in [1.29, 1.82) is 0 Å². The zero-order chi connectivity index (χ0) is 16.8. The number of benzene rings is 1. The van der Waals surface area contributed by atoms with Crippen molar-refractivity contribution in [2.75, 3.05) is 12.0 Å². The van der Waals surface area contributed by atoms with Crippen molar-refractivity contribution >= 4 is 39.6 Å². The van der Waals surface area contributed by atoms with Gasteiger partial charge < -0.3 is 10.1 Å². The van der Waals surface area contributed by atoms with Gasteiger partial charge in [-0.25, -0.2) is 4.79 Å². The fourth-order valence-electron chi connectivity index (χ4n) is 1.80. The smallest absolute Gasteiger partial charge is 0.408 e. The Balaban J connectivity index is 2.83. The number of halogens is 1. The van der Waals surface area contributed by atoms with Crippen molar-refractivity contribution in [1.82, 2.24) is 5.32 Å². The average Bonchev–Trinajstić information content (AvgIpc) is 2.40. The molecule has 6 heteroatoms. The Hall–Kier alpha value is -1.01. The van der Waals surface area contributed by atoms with Gasteiger partial charge in [0.05, 0.1) is 6.04 Å². The first-order chi connectivity index (χ1) is 10.2. The average molecular weight is 388 g/mol. The van der Waals surface area contributed by atoms with E-state index in [9.17, 15) is 9.59 Å². The lowest BCUT2D eigenvalue weighted by atomic mass is 10.0. The summed E-state index contributed by atoms with van der Waals surface area (Å²) in [5, 5.41) is 2.69. The van der Waals surface area contributed by atoms with E-state index in [0.29, 0.717) is 12.0 Å². The maximum Gasteiger partial charge on any atom is 0.408 e. The highest BCUT2D eigenvalue weighted by Gasteiger charge is 2.25. The molecular formula is C16H22BrNO3S. The molecule has 0 aliphatic heterocycles. The summed E-state index contributed by atoms with van der Waals surface area (Å²) >= 11 is 4.99. The maximum atomic E-state index is 12.6. The molecule has 0 aliphatic carbocycles. The molecule has 1 aromatic carbocycles. The third kappa shape index (κ3) is 6.83. The predicted octanol–water partition coefficient (Wildman–Crippen LogP) is 4.28. The minimum atomic E-state index is -0.590. The van der Waals surface area contributed by atoms with E-state index in [1.54, 1.807) is 50.7 Å². The molecule has 1 atom stereocenters. The number of hydrogen-bond donors (Lipinski definition) is 1. The molecule has 0 aromatic heterocycles. The van der Waals surface area contributed by atoms with Gasteiger partial charge >= 0.3 is 6.09 Å². The van der Waals surface area contributed by atoms with Crippen LogP contribution in [-0.2, 0) is 4.74 Å². The molecule has 1 aromatic rings. The first-order valence-corrected chi connectivity index (χ1v) is 9.20. The minimum Gasteiger partial charge on any atom is -0.444 e. The summed E-state index contributed by atoms with van der Waals surface area (Å²) in [5.41, 5.74) is -0.0241. The van der Waals surface area contributed by atoms with Gasteiger partial charge in [-0.15, -0.1) is 0 Å². The van der Waals surface area contributed by atoms with Crippen LogP contribution in [0.2, 0.25) is 0 Å². The molecule has 1 amide bonds. The molecule has 0 bridgehead atoms. The van der Waals surface area contributed by atoms with Crippen molar-refractivity contribution in [2.24, 2.45) is 0 Å². The van der Waals surface area contributed by atoms with Crippen molar-refractivity contribution in [3.63, 3.8) is 0 Å². The molecule has 0 fully saturated rings. The Bertz CT molecular complexity index is 528. The molecule has 0 heterocycles. The Kier molecular flexibility index (Phi) is 7.42. The standard InChI is InChI=1S/C16H22BrNO3S/c1-16(2,3)21-15(20)18-13(8-9-22-4)14(19)11-6-5-7-12(17)10-11/h5-7,10,13H,8-9H2,1-4H3,(H,18,20)/t13-/m0/s1. The topological polar surface area (TPSA) is 55.4 Å². The van der Waals surface area contributed by atoms with Crippen LogP contribution in [0.1, 0.15) is 37.6 Å². The van der Waals surface area contributed by atoms with Crippen LogP contribution in [0.5, 0.6) is 0 Å². The molecule has 1 N–H and O–H groups in total. The Morgan fingerprint density at radius 1 is 1.36 bits per heavy atom. The van der Waals surface area contributed by atoms with Crippen LogP contribution in [0.3, 0.4) is 0 Å². The van der Waals surface area contributed by atoms with Gasteiger partial charge in [-0.1, -0.05) is 28.1 Å². The number of amides is 1. The van der Waals surface area contributed by atoms with E-state index in [0.717, 1.165) is 10.2 Å². The van der Waals surface area contributed by atoms with Gasteiger partial charge in [-0.2, -0.15) is 11.8 Å². The minimum absolute atomic E-state index is 0.110. The largest absolute Gasteiger partial charge is 0.444 e. The van der Waals surface area contributed by atoms with Crippen LogP contribution in [-0.4, -0.2) is 35.5 Å². The second-order valence-corrected chi connectivity index (χ2v) is 7.76. The number of carbonyl (C=O) groups is 2. The zero-order valence-corrected chi connectivity index (χ0v) is 15.7. The van der Waals surface area contributed by atoms with Crippen LogP contribution in [0, 0.1) is 0 Å². The SMILES string of the molecule is CSCC[C@H](NC(=O)OC(C)(C)C)C(=O)c1cccc(Br)c1. The summed E-state index contributed by atoms with van der Waals surface area (Å²) in [6.45, 7) is 5.37. The van der Waals surface area contributed by atoms with Crippen LogP contribution < -0.4 is 5.32 Å². The molecule has 4 nitrogen and oxygen atoms in total. The molecule has 0 radical (unpaired) electrons. The van der Waals surface area contributed by atoms with Gasteiger partial charge in [0.2, 0.25) is 0 Å². The van der Waals surface area contributed by atoms with E-state index in [2.05, 4.69) is 21.2 Å². The monoisotopic (exact) mass is 387 g/mol. The predicted molar refractivity (Wildman–Crippen MR) is 94.6 cm³/mol. The zero-order valence-electron chi connectivity index (χ0n) is 13.3. The highest BCUT2D eigenvalue weighted by Crippen LogP contribution is 2.16. The highest BCUT2D eigenvalue weighted by atomic mass is 79.9. The van der Waals surface area contributed by atoms with Crippen molar-refractivity contribution in [3.8, 4) is 0 Å². The number of ketones is 1. The lowest BCUT2D eigenvalue weighted by molar-refractivity contribution is 0.0490. The van der Waals surface area contributed by atoms with Crippen LogP contribution in [0.4, 0.5) is 4.79 Å². The number of rotatable bonds is 6. The number of carbonyl (C=O) groups excluding carboxylic acids is 2. The van der Waals surface area contributed by atoms with Crippen molar-refractivity contribution in [3.05, 3.63) is 34.3 Å². The van der Waals surface area contributed by atoms with Gasteiger partial charge in [-0.3, -0.25) is 4.79 Å². The molecule has 0 spiro atoms. The van der Waals surface area contributed by atoms with E-state index < -0.39 is 17.7 Å². The highest BCUT2D eigenvalue weighted by molar-refractivity contribution is 9.10. The van der Waals surface area contributed by atoms with Crippen LogP contribution >= 0.6 is 27.7 Å². The molecule has 22 heavy (non-hydrogen) atoms. The van der Waals surface area contributed by atoms with Gasteiger partial charge in [0.1, 0.15) is 5.60 Å². The van der Waals surface area contributed by atoms with Crippen molar-refractivity contribution in [2.45, 2.75) is 38.8 Å². The number of nitrogens with one attached hydrogen (secondary N) is 1. The van der Waals surface area contributed by atoms with Crippen molar-refractivity contribution < 1.29 is 14.3 Å². The van der Waals surface area contributed by atoms with Gasteiger partial charge in [-0.05, 0) is 51.3 Å². The quantitative estimate of drug-likeness (QED) is 0.740. The van der Waals surface area contributed by atoms with E-state index in [1.165, 1.54) is 0 Å². The Morgan fingerprint density at radius 3 is 2.59 bits per heavy atom. The summed E-state index contributed by atoms with van der Waals surface area (Å²) in [7, 11) is 0. The van der Waals surface area contributed by atoms with E-state index in [-0.39, 0.29) is 5.78 Å². The van der Waals surface area contributed by atoms with Gasteiger partial charge in [0.25, 0.3) is 0 Å². The first kappa shape index (κ1) is 19.0. The van der Waals surface area contributed by atoms with Gasteiger partial charge in [0, 0.05) is 10.0 Å². The summed E-state index contributed by atoms with van der Waals surface area (Å²) in [5.74, 6) is 0.668. The second kappa shape index (κ2) is 8.58. The molecule has 1 rings (SSSR count). The van der Waals surface area contributed by atoms with Crippen LogP contribution in [0.25, 0.3) is 0 Å². The summed E-state index contributed by atoms with van der Waals surface area (Å²) < 4.78 is 6.07. The third-order valence-corrected chi connectivity index (χ3v) is 3.86. The fraction of sp³-hybridized carbons (Fsp3) is 0.500. The van der Waals surface area contributed by atoms with E-state index in [4.69, 9.17) is 4.74 Å². The lowest BCUT2D eigenvalue weighted by Crippen LogP contribution is -2.43. The summed E-state index contributed by atoms with van der Waals surface area (Å²) in [6.07, 6.45) is 1.96. The number of Topliss-reactive ketones (excluding diaryl/α,β-unsaturated/α-hetero) is 1. The number of alkyl carbamates (subject to hydrolysis) is 1. The van der Waals surface area contributed by atoms with E-state index in [1.807, 2.05) is 12.3 Å². The molecule has 0 saturated carbocycles. The maximum absolute atomic E-state index is 12.6. The summed E-state index contributed by atoms with van der Waals surface area (Å²) in [4.78, 5) is 24.5. The number of hydrogen-bond acceptors (Lipinski definition) is 4. The molecule has 122 valence electrons. The van der Waals surface area contributed by atoms with Crippen LogP contribution in [0.15, 0.2) is 28.7 Å². The van der Waals surface area contributed by atoms with Gasteiger partial charge in [0.15, 0.2) is 5.78 Å². The second-order valence-electron chi connectivity index (χ2n) is 5.85. The molecule has 0 aliphatic rings. The third-order valence-electron chi connectivity index (χ3n) is 2.73. The molecular weight excluding hydrogens is 366 g/mol. The molecule has 0 unspecified atom stereocenters. The lowest BCUT2D eigenvalue weighted by Gasteiger charge is -2.23. The Morgan fingerprint density at radius 2 is 2.05 bits per heavy atom.